The average Bonchev–Trinajstić information content (AvgIpc) is 1.59. The van der Waals surface area contributed by atoms with Gasteiger partial charge in [0.05, 0.1) is 0 Å². The molecule has 0 aliphatic heterocycles. The maximum Gasteiger partial charge on any atom is 1.00 e. The Labute approximate surface area is 122 Å². The molecule has 0 aromatic rings. The van der Waals surface area contributed by atoms with Crippen LogP contribution in [0.2, 0.25) is 0 Å². The molecule has 72 valence electrons. The second kappa shape index (κ2) is 11.6. The Hall–Kier alpha value is 1.54. The summed E-state index contributed by atoms with van der Waals surface area (Å²) in [5.41, 5.74) is 0. The number of phosphoric acid groups is 1. The molecule has 10 heteroatoms. The topological polar surface area (TPSA) is 135 Å². The van der Waals surface area contributed by atoms with Gasteiger partial charge in [0.1, 0.15) is 6.10 Å². The van der Waals surface area contributed by atoms with Gasteiger partial charge in [0, 0.05) is 0 Å². The van der Waals surface area contributed by atoms with Gasteiger partial charge in [-0.2, -0.15) is 0 Å². The Kier molecular flexibility index (Phi) is 21.4. The van der Waals surface area contributed by atoms with E-state index in [0.717, 1.165) is 0 Å². The third-order valence-electron chi connectivity index (χ3n) is 0.357. The predicted molar refractivity (Wildman–Crippen MR) is 35.8 cm³/mol. The van der Waals surface area contributed by atoms with Crippen LogP contribution in [0.25, 0.3) is 0 Å². The minimum Gasteiger partial charge on any atom is -1.00 e. The third-order valence-corrected chi connectivity index (χ3v) is 0.357. The van der Waals surface area contributed by atoms with Gasteiger partial charge in [-0.05, 0) is 6.92 Å². The summed E-state index contributed by atoms with van der Waals surface area (Å²) in [7, 11) is -4.64. The molecule has 0 rings (SSSR count). The number of carbonyl (C=O) groups is 1. The summed E-state index contributed by atoms with van der Waals surface area (Å²) in [6.45, 7) is 1.20. The van der Waals surface area contributed by atoms with E-state index in [0.29, 0.717) is 0 Å². The molecule has 0 radical (unpaired) electrons. The summed E-state index contributed by atoms with van der Waals surface area (Å²) < 4.78 is 8.88. The summed E-state index contributed by atoms with van der Waals surface area (Å²) in [5.74, 6) is -1.19. The molecular weight excluding hydrogens is 225 g/mol. The van der Waals surface area contributed by atoms with Crippen LogP contribution in [-0.4, -0.2) is 37.0 Å². The van der Waals surface area contributed by atoms with Crippen molar-refractivity contribution in [3.05, 3.63) is 0 Å². The molecule has 0 saturated carbocycles. The first kappa shape index (κ1) is 24.0. The van der Waals surface area contributed by atoms with Crippen molar-refractivity contribution in [1.29, 1.82) is 0 Å². The quantitative estimate of drug-likeness (QED) is 0.225. The average molecular weight is 236 g/mol. The third kappa shape index (κ3) is 58.8. The second-order valence-electron chi connectivity index (χ2n) is 1.53. The van der Waals surface area contributed by atoms with E-state index in [9.17, 15) is 4.79 Å². The number of hydrogen-bond acceptors (Lipinski definition) is 3. The van der Waals surface area contributed by atoms with Crippen LogP contribution in [-0.2, 0) is 9.36 Å². The first-order valence-corrected chi connectivity index (χ1v) is 3.90. The van der Waals surface area contributed by atoms with E-state index in [1.807, 2.05) is 0 Å². The normalized spacial score (nSPS) is 10.8. The minimum atomic E-state index is -4.64. The van der Waals surface area contributed by atoms with Gasteiger partial charge in [0.2, 0.25) is 0 Å². The van der Waals surface area contributed by atoms with Gasteiger partial charge in [0.25, 0.3) is 0 Å². The van der Waals surface area contributed by atoms with Crippen LogP contribution in [0.15, 0.2) is 0 Å². The van der Waals surface area contributed by atoms with Gasteiger partial charge in [-0.15, -0.1) is 0 Å². The van der Waals surface area contributed by atoms with Crippen molar-refractivity contribution >= 4 is 13.8 Å². The van der Waals surface area contributed by atoms with Crippen LogP contribution in [0.4, 0.5) is 0 Å². The second-order valence-corrected chi connectivity index (χ2v) is 2.55. The first-order chi connectivity index (χ1) is 4.64. The van der Waals surface area contributed by atoms with Crippen LogP contribution in [0, 0.1) is 0 Å². The standard InChI is InChI=1S/C3H6O3.2Na.H3O4P.2H/c1-2(4)3(5)6;;;1-5(2,3)4;;/h2,4H,1H3,(H,5,6);;;(H3,1,2,3,4);;/q;2*+1;;2*-1. The molecule has 0 spiro atoms. The summed E-state index contributed by atoms with van der Waals surface area (Å²) in [5, 5.41) is 15.8. The Morgan fingerprint density at radius 2 is 1.38 bits per heavy atom. The van der Waals surface area contributed by atoms with E-state index in [1.54, 1.807) is 0 Å². The van der Waals surface area contributed by atoms with Crippen LogP contribution < -0.4 is 59.1 Å². The maximum atomic E-state index is 9.45. The fourth-order valence-electron chi connectivity index (χ4n) is 0. The van der Waals surface area contributed by atoms with Crippen LogP contribution in [0.5, 0.6) is 0 Å². The zero-order valence-corrected chi connectivity index (χ0v) is 12.5. The van der Waals surface area contributed by atoms with Crippen molar-refractivity contribution in [3.8, 4) is 0 Å². The molecule has 1 atom stereocenters. The summed E-state index contributed by atoms with van der Waals surface area (Å²) >= 11 is 0. The molecule has 0 aliphatic carbocycles. The van der Waals surface area contributed by atoms with Gasteiger partial charge in [-0.25, -0.2) is 9.36 Å². The zero-order valence-electron chi connectivity index (χ0n) is 9.58. The minimum absolute atomic E-state index is 0. The molecule has 0 heterocycles. The molecular formula is C3H11Na2O7P. The number of aliphatic hydroxyl groups is 1. The first-order valence-electron chi connectivity index (χ1n) is 2.33. The molecule has 13 heavy (non-hydrogen) atoms. The number of carboxylic acid groups (broad SMARTS) is 1. The smallest absolute Gasteiger partial charge is 1.00 e. The van der Waals surface area contributed by atoms with Crippen LogP contribution in [0.1, 0.15) is 9.78 Å². The van der Waals surface area contributed by atoms with Crippen LogP contribution >= 0.6 is 7.82 Å². The molecule has 0 amide bonds. The van der Waals surface area contributed by atoms with E-state index in [-0.39, 0.29) is 62.0 Å². The summed E-state index contributed by atoms with van der Waals surface area (Å²) in [6, 6.07) is 0. The zero-order chi connectivity index (χ0) is 9.65. The SMILES string of the molecule is CC(O)C(=O)O.O=P(O)(O)O.[H-].[H-].[Na+].[Na+]. The molecule has 5 N–H and O–H groups in total. The Bertz CT molecular complexity index is 165. The molecule has 0 aromatic carbocycles. The van der Waals surface area contributed by atoms with Crippen molar-refractivity contribution in [2.75, 3.05) is 0 Å². The number of aliphatic carboxylic acids is 1. The molecule has 0 bridgehead atoms. The Balaban J connectivity index is -0.0000000215. The fourth-order valence-corrected chi connectivity index (χ4v) is 0. The number of aliphatic hydroxyl groups excluding tert-OH is 1. The number of hydrogen-bond donors (Lipinski definition) is 5. The largest absolute Gasteiger partial charge is 1.00 e. The van der Waals surface area contributed by atoms with Crippen molar-refractivity contribution in [2.45, 2.75) is 13.0 Å². The Morgan fingerprint density at radius 3 is 1.38 bits per heavy atom. The number of carboxylic acids is 1. The molecule has 1 unspecified atom stereocenters. The van der Waals surface area contributed by atoms with Gasteiger partial charge in [0.15, 0.2) is 0 Å². The van der Waals surface area contributed by atoms with Gasteiger partial charge < -0.3 is 27.7 Å². The molecule has 0 aliphatic rings. The van der Waals surface area contributed by atoms with Crippen molar-refractivity contribution in [2.24, 2.45) is 0 Å². The van der Waals surface area contributed by atoms with E-state index in [1.165, 1.54) is 6.92 Å². The predicted octanol–water partition coefficient (Wildman–Crippen LogP) is -7.24. The Morgan fingerprint density at radius 1 is 1.31 bits per heavy atom. The van der Waals surface area contributed by atoms with E-state index < -0.39 is 19.9 Å². The van der Waals surface area contributed by atoms with E-state index >= 15 is 0 Å². The monoisotopic (exact) mass is 236 g/mol. The fraction of sp³-hybridized carbons (Fsp3) is 0.667. The van der Waals surface area contributed by atoms with Gasteiger partial charge in [-0.1, -0.05) is 0 Å². The van der Waals surface area contributed by atoms with Gasteiger partial charge in [-0.3, -0.25) is 0 Å². The van der Waals surface area contributed by atoms with Crippen molar-refractivity contribution < 1.29 is 96.2 Å². The molecule has 0 aromatic heterocycles. The summed E-state index contributed by atoms with van der Waals surface area (Å²) in [4.78, 5) is 31.0. The summed E-state index contributed by atoms with van der Waals surface area (Å²) in [6.07, 6.45) is -1.23. The van der Waals surface area contributed by atoms with Gasteiger partial charge >= 0.3 is 72.9 Å². The number of rotatable bonds is 1. The van der Waals surface area contributed by atoms with Crippen molar-refractivity contribution in [1.82, 2.24) is 0 Å². The molecule has 0 fully saturated rings. The van der Waals surface area contributed by atoms with Crippen molar-refractivity contribution in [3.63, 3.8) is 0 Å². The molecule has 7 nitrogen and oxygen atoms in total. The van der Waals surface area contributed by atoms with Crippen LogP contribution in [0.3, 0.4) is 0 Å². The van der Waals surface area contributed by atoms with E-state index in [2.05, 4.69) is 0 Å². The van der Waals surface area contributed by atoms with E-state index in [4.69, 9.17) is 29.5 Å². The molecule has 0 saturated heterocycles. The maximum absolute atomic E-state index is 9.45.